The van der Waals surface area contributed by atoms with Crippen molar-refractivity contribution < 1.29 is 0 Å². The predicted molar refractivity (Wildman–Crippen MR) is 135 cm³/mol. The van der Waals surface area contributed by atoms with E-state index in [2.05, 4.69) is 109 Å². The van der Waals surface area contributed by atoms with Crippen molar-refractivity contribution in [1.29, 1.82) is 0 Å². The number of hydrogen-bond acceptors (Lipinski definition) is 6. The molecule has 2 aromatic carbocycles. The highest BCUT2D eigenvalue weighted by Crippen LogP contribution is 2.47. The summed E-state index contributed by atoms with van der Waals surface area (Å²) in [5, 5.41) is 23.3. The number of nitrogens with zero attached hydrogens (tertiary/aromatic N) is 3. The van der Waals surface area contributed by atoms with Gasteiger partial charge in [0.15, 0.2) is 5.82 Å². The number of thiophene rings is 3. The van der Waals surface area contributed by atoms with Gasteiger partial charge in [-0.15, -0.1) is 16.4 Å². The van der Waals surface area contributed by atoms with E-state index in [1.807, 2.05) is 0 Å². The largest absolute Gasteiger partial charge is 0.238 e. The molecular formula is C25H16N4S3. The summed E-state index contributed by atoms with van der Waals surface area (Å²) in [6, 6.07) is 23.8. The molecule has 0 saturated carbocycles. The summed E-state index contributed by atoms with van der Waals surface area (Å²) in [5.41, 5.74) is 8.53. The molecule has 0 saturated heterocycles. The highest BCUT2D eigenvalue weighted by Gasteiger charge is 2.20. The van der Waals surface area contributed by atoms with Gasteiger partial charge in [0.25, 0.3) is 0 Å². The van der Waals surface area contributed by atoms with Gasteiger partial charge in [-0.2, -0.15) is 22.7 Å². The molecule has 0 aliphatic rings. The normalized spacial score (nSPS) is 11.1. The molecule has 4 aromatic heterocycles. The van der Waals surface area contributed by atoms with Crippen molar-refractivity contribution in [3.8, 4) is 54.5 Å². The number of benzene rings is 2. The first-order valence-electron chi connectivity index (χ1n) is 10.0. The topological polar surface area (TPSA) is 54.5 Å². The van der Waals surface area contributed by atoms with Gasteiger partial charge >= 0.3 is 0 Å². The predicted octanol–water partition coefficient (Wildman–Crippen LogP) is 7.72. The Balaban J connectivity index is 1.62. The monoisotopic (exact) mass is 468 g/mol. The second-order valence-electron chi connectivity index (χ2n) is 7.22. The fourth-order valence-electron chi connectivity index (χ4n) is 3.91. The molecular weight excluding hydrogens is 453 g/mol. The number of hydrogen-bond donors (Lipinski definition) is 1. The van der Waals surface area contributed by atoms with Crippen LogP contribution in [0, 0.1) is 0 Å². The first kappa shape index (κ1) is 19.3. The van der Waals surface area contributed by atoms with E-state index in [0.717, 1.165) is 4.88 Å². The summed E-state index contributed by atoms with van der Waals surface area (Å²) in [5.74, 6) is 0.684. The lowest BCUT2D eigenvalue weighted by atomic mass is 9.92. The Morgan fingerprint density at radius 2 is 1.28 bits per heavy atom. The fourth-order valence-corrected chi connectivity index (χ4v) is 6.37. The van der Waals surface area contributed by atoms with Gasteiger partial charge in [-0.05, 0) is 78.0 Å². The van der Waals surface area contributed by atoms with E-state index in [1.54, 1.807) is 34.0 Å². The zero-order valence-electron chi connectivity index (χ0n) is 16.7. The molecule has 0 fully saturated rings. The molecule has 154 valence electrons. The summed E-state index contributed by atoms with van der Waals surface area (Å²) in [6.45, 7) is 0. The Morgan fingerprint density at radius 3 is 1.88 bits per heavy atom. The zero-order chi connectivity index (χ0) is 21.3. The molecule has 0 atom stereocenters. The van der Waals surface area contributed by atoms with Crippen LogP contribution in [-0.2, 0) is 0 Å². The summed E-state index contributed by atoms with van der Waals surface area (Å²) in [7, 11) is 0. The minimum atomic E-state index is 0.684. The fraction of sp³-hybridized carbons (Fsp3) is 0. The lowest BCUT2D eigenvalue weighted by Crippen LogP contribution is -1.86. The highest BCUT2D eigenvalue weighted by atomic mass is 32.1. The van der Waals surface area contributed by atoms with Crippen LogP contribution in [0.2, 0.25) is 0 Å². The van der Waals surface area contributed by atoms with Gasteiger partial charge in [0.2, 0.25) is 0 Å². The van der Waals surface area contributed by atoms with E-state index < -0.39 is 0 Å². The number of aromatic amines is 1. The van der Waals surface area contributed by atoms with Gasteiger partial charge in [-0.1, -0.05) is 48.5 Å². The molecule has 6 aromatic rings. The second kappa shape index (κ2) is 8.27. The van der Waals surface area contributed by atoms with Gasteiger partial charge in [0.1, 0.15) is 0 Å². The number of aromatic nitrogens is 4. The molecule has 0 spiro atoms. The van der Waals surface area contributed by atoms with Crippen LogP contribution in [0.15, 0.2) is 88.3 Å². The zero-order valence-corrected chi connectivity index (χ0v) is 19.2. The van der Waals surface area contributed by atoms with Gasteiger partial charge in [-0.25, -0.2) is 5.10 Å². The molecule has 0 amide bonds. The Hall–Kier alpha value is -3.39. The van der Waals surface area contributed by atoms with E-state index in [-0.39, 0.29) is 0 Å². The molecule has 0 unspecified atom stereocenters. The standard InChI is InChI=1S/C25H16N4S3/c1-3-7-20(18(5-1)16-9-11-30-14-16)22-13-23(25-26-28-29-27-25)32-24(22)21-8-4-2-6-19(21)17-10-12-31-15-17/h1-15H,(H,26,27,28,29). The average Bonchev–Trinajstić information content (AvgIpc) is 3.66. The van der Waals surface area contributed by atoms with E-state index in [4.69, 9.17) is 0 Å². The minimum Gasteiger partial charge on any atom is -0.238 e. The van der Waals surface area contributed by atoms with Crippen LogP contribution in [0.4, 0.5) is 0 Å². The van der Waals surface area contributed by atoms with E-state index in [9.17, 15) is 0 Å². The Labute approximate surface area is 196 Å². The molecule has 0 radical (unpaired) electrons. The number of H-pyrrole nitrogens is 1. The van der Waals surface area contributed by atoms with Crippen molar-refractivity contribution in [2.24, 2.45) is 0 Å². The van der Waals surface area contributed by atoms with Crippen molar-refractivity contribution in [2.75, 3.05) is 0 Å². The van der Waals surface area contributed by atoms with E-state index >= 15 is 0 Å². The van der Waals surface area contributed by atoms with Crippen LogP contribution in [0.25, 0.3) is 54.5 Å². The molecule has 0 aliphatic heterocycles. The number of tetrazole rings is 1. The van der Waals surface area contributed by atoms with Crippen LogP contribution in [-0.4, -0.2) is 20.6 Å². The number of rotatable bonds is 5. The molecule has 0 aliphatic carbocycles. The molecule has 4 nitrogen and oxygen atoms in total. The Bertz CT molecular complexity index is 1370. The van der Waals surface area contributed by atoms with E-state index in [0.29, 0.717) is 5.82 Å². The minimum absolute atomic E-state index is 0.684. The second-order valence-corrected chi connectivity index (χ2v) is 9.83. The van der Waals surface area contributed by atoms with E-state index in [1.165, 1.54) is 43.8 Å². The number of nitrogens with one attached hydrogen (secondary N) is 1. The molecule has 6 rings (SSSR count). The highest BCUT2D eigenvalue weighted by molar-refractivity contribution is 7.19. The molecule has 7 heteroatoms. The van der Waals surface area contributed by atoms with Crippen molar-refractivity contribution in [2.45, 2.75) is 0 Å². The third-order valence-electron chi connectivity index (χ3n) is 5.36. The van der Waals surface area contributed by atoms with Crippen molar-refractivity contribution in [3.63, 3.8) is 0 Å². The van der Waals surface area contributed by atoms with Crippen molar-refractivity contribution in [1.82, 2.24) is 20.6 Å². The van der Waals surface area contributed by atoms with Crippen molar-refractivity contribution in [3.05, 3.63) is 88.3 Å². The Kier molecular flexibility index (Phi) is 4.99. The maximum Gasteiger partial charge on any atom is 0.189 e. The summed E-state index contributed by atoms with van der Waals surface area (Å²) < 4.78 is 0. The van der Waals surface area contributed by atoms with Crippen LogP contribution in [0.5, 0.6) is 0 Å². The molecule has 0 bridgehead atoms. The SMILES string of the molecule is c1ccc(-c2cc(-c3nnn[nH]3)sc2-c2ccccc2-c2ccsc2)c(-c2ccsc2)c1. The van der Waals surface area contributed by atoms with Gasteiger partial charge in [0.05, 0.1) is 4.88 Å². The maximum absolute atomic E-state index is 4.17. The summed E-state index contributed by atoms with van der Waals surface area (Å²) >= 11 is 5.15. The summed E-state index contributed by atoms with van der Waals surface area (Å²) in [6.07, 6.45) is 0. The van der Waals surface area contributed by atoms with Crippen LogP contribution >= 0.6 is 34.0 Å². The van der Waals surface area contributed by atoms with Gasteiger partial charge in [0, 0.05) is 16.0 Å². The lowest BCUT2D eigenvalue weighted by Gasteiger charge is -2.12. The third kappa shape index (κ3) is 3.40. The summed E-state index contributed by atoms with van der Waals surface area (Å²) in [4.78, 5) is 2.22. The molecule has 1 N–H and O–H groups in total. The smallest absolute Gasteiger partial charge is 0.189 e. The van der Waals surface area contributed by atoms with Crippen molar-refractivity contribution >= 4 is 34.0 Å². The molecule has 32 heavy (non-hydrogen) atoms. The maximum atomic E-state index is 4.17. The van der Waals surface area contributed by atoms with Gasteiger partial charge < -0.3 is 0 Å². The van der Waals surface area contributed by atoms with Crippen LogP contribution < -0.4 is 0 Å². The van der Waals surface area contributed by atoms with Crippen LogP contribution in [0.1, 0.15) is 0 Å². The van der Waals surface area contributed by atoms with Gasteiger partial charge in [-0.3, -0.25) is 0 Å². The average molecular weight is 469 g/mol. The quantitative estimate of drug-likeness (QED) is 0.282. The molecule has 4 heterocycles. The first-order valence-corrected chi connectivity index (χ1v) is 12.7. The first-order chi connectivity index (χ1) is 15.9. The van der Waals surface area contributed by atoms with Crippen LogP contribution in [0.3, 0.4) is 0 Å². The lowest BCUT2D eigenvalue weighted by molar-refractivity contribution is 0.881. The Morgan fingerprint density at radius 1 is 0.656 bits per heavy atom. The third-order valence-corrected chi connectivity index (χ3v) is 7.91.